The van der Waals surface area contributed by atoms with Crippen LogP contribution in [0.1, 0.15) is 32.1 Å². The number of halogens is 2. The van der Waals surface area contributed by atoms with Crippen molar-refractivity contribution in [3.8, 4) is 0 Å². The average molecular weight is 346 g/mol. The first-order valence-corrected chi connectivity index (χ1v) is 7.28. The SMILES string of the molecule is C=CCC(N)C1CCC(C(=O)Nc2ccncc2)CC1.Cl.Cl. The number of nitrogens with zero attached hydrogens (tertiary/aromatic N) is 1. The van der Waals surface area contributed by atoms with Crippen LogP contribution < -0.4 is 11.1 Å². The van der Waals surface area contributed by atoms with Crippen molar-refractivity contribution in [1.29, 1.82) is 0 Å². The van der Waals surface area contributed by atoms with E-state index < -0.39 is 0 Å². The van der Waals surface area contributed by atoms with Crippen LogP contribution >= 0.6 is 24.8 Å². The highest BCUT2D eigenvalue weighted by Gasteiger charge is 2.28. The van der Waals surface area contributed by atoms with Crippen LogP contribution in [0.5, 0.6) is 0 Å². The van der Waals surface area contributed by atoms with Gasteiger partial charge >= 0.3 is 0 Å². The van der Waals surface area contributed by atoms with Crippen LogP contribution in [-0.2, 0) is 4.79 Å². The molecule has 0 aliphatic heterocycles. The molecule has 1 aliphatic rings. The van der Waals surface area contributed by atoms with E-state index in [1.165, 1.54) is 0 Å². The topological polar surface area (TPSA) is 68.0 Å². The van der Waals surface area contributed by atoms with Crippen LogP contribution in [-0.4, -0.2) is 16.9 Å². The maximum atomic E-state index is 12.2. The fourth-order valence-electron chi connectivity index (χ4n) is 2.87. The van der Waals surface area contributed by atoms with Gasteiger partial charge in [0, 0.05) is 30.0 Å². The van der Waals surface area contributed by atoms with Crippen molar-refractivity contribution in [1.82, 2.24) is 4.98 Å². The number of carbonyl (C=O) groups excluding carboxylic acids is 1. The molecule has 1 aromatic rings. The van der Waals surface area contributed by atoms with Crippen LogP contribution in [0.2, 0.25) is 0 Å². The lowest BCUT2D eigenvalue weighted by Crippen LogP contribution is -2.35. The smallest absolute Gasteiger partial charge is 0.227 e. The fraction of sp³-hybridized carbons (Fsp3) is 0.500. The molecule has 1 atom stereocenters. The minimum absolute atomic E-state index is 0. The van der Waals surface area contributed by atoms with E-state index in [0.29, 0.717) is 5.92 Å². The molecule has 1 fully saturated rings. The quantitative estimate of drug-likeness (QED) is 0.801. The van der Waals surface area contributed by atoms with Crippen LogP contribution in [0.25, 0.3) is 0 Å². The predicted molar refractivity (Wildman–Crippen MR) is 95.6 cm³/mol. The van der Waals surface area contributed by atoms with Crippen molar-refractivity contribution in [2.45, 2.75) is 38.1 Å². The lowest BCUT2D eigenvalue weighted by Gasteiger charge is -2.31. The van der Waals surface area contributed by atoms with Crippen molar-refractivity contribution in [2.75, 3.05) is 5.32 Å². The summed E-state index contributed by atoms with van der Waals surface area (Å²) in [7, 11) is 0. The van der Waals surface area contributed by atoms with Gasteiger partial charge in [-0.3, -0.25) is 9.78 Å². The molecule has 3 N–H and O–H groups in total. The maximum absolute atomic E-state index is 12.2. The molecule has 1 unspecified atom stereocenters. The second-order valence-corrected chi connectivity index (χ2v) is 5.53. The van der Waals surface area contributed by atoms with Gasteiger partial charge in [-0.25, -0.2) is 0 Å². The standard InChI is InChI=1S/C16H23N3O.2ClH/c1-2-3-15(17)12-4-6-13(7-5-12)16(20)19-14-8-10-18-11-9-14;;/h2,8-13,15H,1,3-7,17H2,(H,18,19,20);2*1H. The van der Waals surface area contributed by atoms with Gasteiger partial charge in [-0.2, -0.15) is 0 Å². The Morgan fingerprint density at radius 3 is 2.45 bits per heavy atom. The van der Waals surface area contributed by atoms with Crippen LogP contribution in [0.15, 0.2) is 37.2 Å². The highest BCUT2D eigenvalue weighted by molar-refractivity contribution is 5.92. The molecule has 0 radical (unpaired) electrons. The van der Waals surface area contributed by atoms with Gasteiger partial charge < -0.3 is 11.1 Å². The Bertz CT molecular complexity index is 448. The van der Waals surface area contributed by atoms with Crippen LogP contribution in [0.4, 0.5) is 5.69 Å². The Morgan fingerprint density at radius 2 is 1.91 bits per heavy atom. The number of anilines is 1. The van der Waals surface area contributed by atoms with E-state index in [0.717, 1.165) is 37.8 Å². The highest BCUT2D eigenvalue weighted by atomic mass is 35.5. The third-order valence-electron chi connectivity index (χ3n) is 4.13. The summed E-state index contributed by atoms with van der Waals surface area (Å²) in [5, 5.41) is 2.95. The molecule has 22 heavy (non-hydrogen) atoms. The van der Waals surface area contributed by atoms with Crippen LogP contribution in [0.3, 0.4) is 0 Å². The van der Waals surface area contributed by atoms with Gasteiger partial charge in [0.15, 0.2) is 0 Å². The van der Waals surface area contributed by atoms with E-state index in [1.807, 2.05) is 18.2 Å². The highest BCUT2D eigenvalue weighted by Crippen LogP contribution is 2.31. The number of pyridine rings is 1. The average Bonchev–Trinajstić information content (AvgIpc) is 2.48. The second-order valence-electron chi connectivity index (χ2n) is 5.53. The zero-order chi connectivity index (χ0) is 14.4. The number of nitrogens with two attached hydrogens (primary N) is 1. The van der Waals surface area contributed by atoms with Gasteiger partial charge in [0.25, 0.3) is 0 Å². The van der Waals surface area contributed by atoms with Gasteiger partial charge in [0.2, 0.25) is 5.91 Å². The van der Waals surface area contributed by atoms with Crippen molar-refractivity contribution >= 4 is 36.4 Å². The van der Waals surface area contributed by atoms with Gasteiger partial charge in [-0.1, -0.05) is 6.08 Å². The summed E-state index contributed by atoms with van der Waals surface area (Å²) in [6.45, 7) is 3.74. The largest absolute Gasteiger partial charge is 0.327 e. The van der Waals surface area contributed by atoms with Crippen molar-refractivity contribution < 1.29 is 4.79 Å². The van der Waals surface area contributed by atoms with E-state index in [1.54, 1.807) is 12.4 Å². The van der Waals surface area contributed by atoms with Crippen molar-refractivity contribution in [2.24, 2.45) is 17.6 Å². The van der Waals surface area contributed by atoms with Crippen molar-refractivity contribution in [3.63, 3.8) is 0 Å². The zero-order valence-corrected chi connectivity index (χ0v) is 14.2. The molecular formula is C16H25Cl2N3O. The van der Waals surface area contributed by atoms with E-state index in [9.17, 15) is 4.79 Å². The number of rotatable bonds is 5. The number of hydrogen-bond donors (Lipinski definition) is 2. The third kappa shape index (κ3) is 5.95. The molecule has 0 spiro atoms. The number of carbonyl (C=O) groups is 1. The summed E-state index contributed by atoms with van der Waals surface area (Å²) >= 11 is 0. The lowest BCUT2D eigenvalue weighted by molar-refractivity contribution is -0.121. The number of hydrogen-bond acceptors (Lipinski definition) is 3. The van der Waals surface area contributed by atoms with Crippen molar-refractivity contribution in [3.05, 3.63) is 37.2 Å². The van der Waals surface area contributed by atoms with E-state index in [4.69, 9.17) is 5.73 Å². The van der Waals surface area contributed by atoms with E-state index in [-0.39, 0.29) is 42.7 Å². The summed E-state index contributed by atoms with van der Waals surface area (Å²) in [5.41, 5.74) is 6.94. The first kappa shape index (κ1) is 20.9. The molecule has 1 saturated carbocycles. The first-order chi connectivity index (χ1) is 9.70. The minimum atomic E-state index is 0. The molecule has 0 aromatic carbocycles. The first-order valence-electron chi connectivity index (χ1n) is 7.28. The molecule has 0 saturated heterocycles. The van der Waals surface area contributed by atoms with Gasteiger partial charge in [-0.05, 0) is 50.2 Å². The zero-order valence-electron chi connectivity index (χ0n) is 12.6. The summed E-state index contributed by atoms with van der Waals surface area (Å²) in [5.74, 6) is 0.750. The fourth-order valence-corrected chi connectivity index (χ4v) is 2.87. The second kappa shape index (κ2) is 10.6. The van der Waals surface area contributed by atoms with Gasteiger partial charge in [0.1, 0.15) is 0 Å². The van der Waals surface area contributed by atoms with E-state index in [2.05, 4.69) is 16.9 Å². The monoisotopic (exact) mass is 345 g/mol. The maximum Gasteiger partial charge on any atom is 0.227 e. The number of amides is 1. The molecule has 1 aromatic heterocycles. The minimum Gasteiger partial charge on any atom is -0.327 e. The van der Waals surface area contributed by atoms with Crippen LogP contribution in [0, 0.1) is 11.8 Å². The van der Waals surface area contributed by atoms with E-state index >= 15 is 0 Å². The molecule has 124 valence electrons. The van der Waals surface area contributed by atoms with Gasteiger partial charge in [0.05, 0.1) is 0 Å². The summed E-state index contributed by atoms with van der Waals surface area (Å²) in [6, 6.07) is 3.81. The summed E-state index contributed by atoms with van der Waals surface area (Å²) in [4.78, 5) is 16.1. The Hall–Kier alpha value is -1.10. The molecule has 6 heteroatoms. The molecule has 1 heterocycles. The molecule has 1 aliphatic carbocycles. The summed E-state index contributed by atoms with van der Waals surface area (Å²) < 4.78 is 0. The Kier molecular flexibility index (Phi) is 10.1. The molecule has 4 nitrogen and oxygen atoms in total. The third-order valence-corrected chi connectivity index (χ3v) is 4.13. The molecule has 1 amide bonds. The Balaban J connectivity index is 0.00000220. The molecular weight excluding hydrogens is 321 g/mol. The Morgan fingerprint density at radius 1 is 1.32 bits per heavy atom. The number of nitrogens with one attached hydrogen (secondary N) is 1. The predicted octanol–water partition coefficient (Wildman–Crippen LogP) is 3.57. The molecule has 0 bridgehead atoms. The number of aromatic nitrogens is 1. The lowest BCUT2D eigenvalue weighted by atomic mass is 9.77. The summed E-state index contributed by atoms with van der Waals surface area (Å²) in [6.07, 6.45) is 10.0. The normalized spacial score (nSPS) is 21.7. The van der Waals surface area contributed by atoms with Gasteiger partial charge in [-0.15, -0.1) is 31.4 Å². The molecule has 2 rings (SSSR count). The Labute approximate surface area is 144 Å².